The molecule has 10 heteroatoms. The summed E-state index contributed by atoms with van der Waals surface area (Å²) in [5.74, 6) is -1.65. The highest BCUT2D eigenvalue weighted by Gasteiger charge is 2.37. The summed E-state index contributed by atoms with van der Waals surface area (Å²) in [6.45, 7) is 4.10. The number of barbiturate groups is 1. The quantitative estimate of drug-likeness (QED) is 0.206. The first kappa shape index (κ1) is 26.9. The lowest BCUT2D eigenvalue weighted by Crippen LogP contribution is -2.54. The lowest BCUT2D eigenvalue weighted by atomic mass is 10.1. The van der Waals surface area contributed by atoms with E-state index >= 15 is 0 Å². The van der Waals surface area contributed by atoms with Gasteiger partial charge in [-0.2, -0.15) is 0 Å². The maximum Gasteiger partial charge on any atom is 0.335 e. The monoisotopic (exact) mass is 626 g/mol. The number of benzene rings is 3. The predicted octanol–water partition coefficient (Wildman–Crippen LogP) is 4.94. The number of carbonyl (C=O) groups excluding carboxylic acids is 3. The summed E-state index contributed by atoms with van der Waals surface area (Å²) in [5.41, 5.74) is 2.35. The summed E-state index contributed by atoms with van der Waals surface area (Å²) in [7, 11) is 0. The van der Waals surface area contributed by atoms with Gasteiger partial charge in [0, 0.05) is 0 Å². The van der Waals surface area contributed by atoms with Gasteiger partial charge in [0.25, 0.3) is 11.8 Å². The highest BCUT2D eigenvalue weighted by atomic mass is 127. The lowest BCUT2D eigenvalue weighted by Gasteiger charge is -2.27. The number of aryl methyl sites for hydroxylation is 1. The SMILES string of the molecule is CCOc1cc(/C=C2\C(=O)NC(=O)N(c3ccccc3C)C2=O)cc(I)c1OCc1ccc(C(=O)O)cc1. The molecular weight excluding hydrogens is 603 g/mol. The number of aromatic carboxylic acids is 1. The zero-order valence-corrected chi connectivity index (χ0v) is 22.6. The van der Waals surface area contributed by atoms with E-state index in [1.807, 2.05) is 6.92 Å². The number of carboxylic acids is 1. The number of anilines is 1. The van der Waals surface area contributed by atoms with E-state index in [1.165, 1.54) is 18.2 Å². The van der Waals surface area contributed by atoms with Gasteiger partial charge in [-0.1, -0.05) is 30.3 Å². The van der Waals surface area contributed by atoms with Crippen molar-refractivity contribution in [3.05, 3.63) is 92.1 Å². The van der Waals surface area contributed by atoms with Crippen LogP contribution in [0.1, 0.15) is 34.0 Å². The van der Waals surface area contributed by atoms with E-state index in [0.29, 0.717) is 38.5 Å². The molecule has 3 aromatic carbocycles. The molecule has 0 atom stereocenters. The summed E-state index contributed by atoms with van der Waals surface area (Å²) >= 11 is 2.07. The van der Waals surface area contributed by atoms with Crippen molar-refractivity contribution in [1.29, 1.82) is 0 Å². The van der Waals surface area contributed by atoms with Crippen molar-refractivity contribution in [2.45, 2.75) is 20.5 Å². The van der Waals surface area contributed by atoms with Gasteiger partial charge in [0.15, 0.2) is 11.5 Å². The third kappa shape index (κ3) is 5.70. The number of nitrogens with one attached hydrogen (secondary N) is 1. The van der Waals surface area contributed by atoms with Crippen molar-refractivity contribution in [3.8, 4) is 11.5 Å². The van der Waals surface area contributed by atoms with Crippen LogP contribution in [0.4, 0.5) is 10.5 Å². The molecule has 194 valence electrons. The van der Waals surface area contributed by atoms with Gasteiger partial charge in [0.05, 0.1) is 21.4 Å². The third-order valence-corrected chi connectivity index (χ3v) is 6.49. The Labute approximate surface area is 232 Å². The standard InChI is InChI=1S/C28H23IN2O7/c1-3-37-23-14-18(13-21(29)24(23)38-15-17-8-10-19(11-9-17)27(34)35)12-20-25(32)30-28(36)31(26(20)33)22-7-5-4-6-16(22)2/h4-14H,3,15H2,1-2H3,(H,34,35)(H,30,32,36)/b20-12+. The van der Waals surface area contributed by atoms with Crippen LogP contribution in [0.3, 0.4) is 0 Å². The van der Waals surface area contributed by atoms with Crippen molar-refractivity contribution >= 4 is 58.2 Å². The van der Waals surface area contributed by atoms with Crippen LogP contribution in [0.2, 0.25) is 0 Å². The molecule has 2 N–H and O–H groups in total. The molecule has 0 spiro atoms. The van der Waals surface area contributed by atoms with Crippen LogP contribution in [0.5, 0.6) is 11.5 Å². The molecule has 38 heavy (non-hydrogen) atoms. The van der Waals surface area contributed by atoms with Gasteiger partial charge in [-0.25, -0.2) is 14.5 Å². The first-order valence-corrected chi connectivity index (χ1v) is 12.7. The number of urea groups is 1. The van der Waals surface area contributed by atoms with Crippen LogP contribution in [-0.4, -0.2) is 35.5 Å². The number of para-hydroxylation sites is 1. The maximum absolute atomic E-state index is 13.3. The third-order valence-electron chi connectivity index (χ3n) is 5.68. The average molecular weight is 626 g/mol. The Morgan fingerprint density at radius 3 is 2.42 bits per heavy atom. The molecule has 1 fully saturated rings. The molecule has 4 rings (SSSR count). The molecule has 1 heterocycles. The normalized spacial score (nSPS) is 14.4. The molecule has 0 aliphatic carbocycles. The Hall–Kier alpha value is -4.19. The fourth-order valence-corrected chi connectivity index (χ4v) is 4.61. The van der Waals surface area contributed by atoms with Crippen LogP contribution >= 0.6 is 22.6 Å². The van der Waals surface area contributed by atoms with E-state index in [1.54, 1.807) is 55.5 Å². The van der Waals surface area contributed by atoms with Crippen molar-refractivity contribution in [2.24, 2.45) is 0 Å². The molecule has 0 saturated carbocycles. The number of hydrogen-bond donors (Lipinski definition) is 2. The Morgan fingerprint density at radius 1 is 1.05 bits per heavy atom. The molecular formula is C28H23IN2O7. The van der Waals surface area contributed by atoms with Crippen LogP contribution in [0, 0.1) is 10.5 Å². The van der Waals surface area contributed by atoms with E-state index in [9.17, 15) is 19.2 Å². The molecule has 0 bridgehead atoms. The molecule has 3 aromatic rings. The second-order valence-electron chi connectivity index (χ2n) is 8.30. The van der Waals surface area contributed by atoms with Crippen molar-refractivity contribution in [2.75, 3.05) is 11.5 Å². The minimum Gasteiger partial charge on any atom is -0.490 e. The van der Waals surface area contributed by atoms with E-state index in [-0.39, 0.29) is 17.7 Å². The number of halogens is 1. The van der Waals surface area contributed by atoms with Crippen molar-refractivity contribution in [1.82, 2.24) is 5.32 Å². The number of imide groups is 2. The number of nitrogens with zero attached hydrogens (tertiary/aromatic N) is 1. The van der Waals surface area contributed by atoms with Gasteiger partial charge in [-0.05, 0) is 89.5 Å². The van der Waals surface area contributed by atoms with E-state index in [4.69, 9.17) is 14.6 Å². The summed E-state index contributed by atoms with van der Waals surface area (Å²) in [5, 5.41) is 11.3. The van der Waals surface area contributed by atoms with Gasteiger partial charge in [-0.15, -0.1) is 0 Å². The predicted molar refractivity (Wildman–Crippen MR) is 148 cm³/mol. The Balaban J connectivity index is 1.64. The minimum absolute atomic E-state index is 0.171. The number of hydrogen-bond acceptors (Lipinski definition) is 6. The molecule has 1 aliphatic heterocycles. The van der Waals surface area contributed by atoms with E-state index in [0.717, 1.165) is 10.5 Å². The number of rotatable bonds is 8. The van der Waals surface area contributed by atoms with Crippen LogP contribution < -0.4 is 19.7 Å². The van der Waals surface area contributed by atoms with E-state index < -0.39 is 23.8 Å². The maximum atomic E-state index is 13.3. The summed E-state index contributed by atoms with van der Waals surface area (Å²) in [4.78, 5) is 50.4. The summed E-state index contributed by atoms with van der Waals surface area (Å²) in [6.07, 6.45) is 1.41. The topological polar surface area (TPSA) is 122 Å². The number of carboxylic acid groups (broad SMARTS) is 1. The lowest BCUT2D eigenvalue weighted by molar-refractivity contribution is -0.122. The number of amides is 4. The first-order chi connectivity index (χ1) is 18.2. The number of carbonyl (C=O) groups is 4. The molecule has 0 unspecified atom stereocenters. The van der Waals surface area contributed by atoms with Gasteiger partial charge in [0.1, 0.15) is 12.2 Å². The summed E-state index contributed by atoms with van der Waals surface area (Å²) in [6, 6.07) is 15.8. The minimum atomic E-state index is -1.01. The molecule has 0 aromatic heterocycles. The summed E-state index contributed by atoms with van der Waals surface area (Å²) < 4.78 is 12.4. The van der Waals surface area contributed by atoms with Crippen LogP contribution in [0.25, 0.3) is 6.08 Å². The highest BCUT2D eigenvalue weighted by molar-refractivity contribution is 14.1. The number of ether oxygens (including phenoxy) is 2. The van der Waals surface area contributed by atoms with Gasteiger partial charge in [0.2, 0.25) is 0 Å². The first-order valence-electron chi connectivity index (χ1n) is 11.6. The van der Waals surface area contributed by atoms with E-state index in [2.05, 4.69) is 27.9 Å². The second kappa shape index (κ2) is 11.5. The fraction of sp³-hybridized carbons (Fsp3) is 0.143. The Kier molecular flexibility index (Phi) is 8.10. The van der Waals surface area contributed by atoms with Gasteiger partial charge < -0.3 is 14.6 Å². The average Bonchev–Trinajstić information content (AvgIpc) is 2.87. The second-order valence-corrected chi connectivity index (χ2v) is 9.46. The molecule has 9 nitrogen and oxygen atoms in total. The van der Waals surface area contributed by atoms with Crippen molar-refractivity contribution < 1.29 is 33.8 Å². The Morgan fingerprint density at radius 2 is 1.76 bits per heavy atom. The zero-order chi connectivity index (χ0) is 27.4. The van der Waals surface area contributed by atoms with Crippen molar-refractivity contribution in [3.63, 3.8) is 0 Å². The molecule has 4 amide bonds. The van der Waals surface area contributed by atoms with Crippen LogP contribution in [0.15, 0.2) is 66.2 Å². The largest absolute Gasteiger partial charge is 0.490 e. The zero-order valence-electron chi connectivity index (χ0n) is 20.5. The van der Waals surface area contributed by atoms with Gasteiger partial charge >= 0.3 is 12.0 Å². The molecule has 1 saturated heterocycles. The molecule has 0 radical (unpaired) electrons. The smallest absolute Gasteiger partial charge is 0.335 e. The highest BCUT2D eigenvalue weighted by Crippen LogP contribution is 2.36. The Bertz CT molecular complexity index is 1460. The fourth-order valence-electron chi connectivity index (χ4n) is 3.83. The molecule has 1 aliphatic rings. The van der Waals surface area contributed by atoms with Gasteiger partial charge in [-0.3, -0.25) is 14.9 Å². The van der Waals surface area contributed by atoms with Crippen LogP contribution in [-0.2, 0) is 16.2 Å².